The van der Waals surface area contributed by atoms with Crippen molar-refractivity contribution >= 4 is 18.3 Å². The Morgan fingerprint density at radius 3 is 2.60 bits per heavy atom. The lowest BCUT2D eigenvalue weighted by atomic mass is 9.67. The second-order valence-corrected chi connectivity index (χ2v) is 7.77. The van der Waals surface area contributed by atoms with Gasteiger partial charge in [-0.1, -0.05) is 18.6 Å². The maximum absolute atomic E-state index is 12.5. The van der Waals surface area contributed by atoms with Gasteiger partial charge in [-0.25, -0.2) is 0 Å². The van der Waals surface area contributed by atoms with Gasteiger partial charge in [0.1, 0.15) is 5.75 Å². The molecule has 25 heavy (non-hydrogen) atoms. The molecule has 0 aliphatic heterocycles. The lowest BCUT2D eigenvalue weighted by Gasteiger charge is -2.45. The average molecular weight is 367 g/mol. The van der Waals surface area contributed by atoms with Crippen LogP contribution in [-0.2, 0) is 11.2 Å². The van der Waals surface area contributed by atoms with Crippen LogP contribution in [-0.4, -0.2) is 24.1 Å². The van der Waals surface area contributed by atoms with E-state index in [1.54, 1.807) is 0 Å². The van der Waals surface area contributed by atoms with Crippen molar-refractivity contribution in [3.05, 3.63) is 29.8 Å². The molecule has 5 heteroatoms. The summed E-state index contributed by atoms with van der Waals surface area (Å²) in [6.45, 7) is 4.01. The lowest BCUT2D eigenvalue weighted by molar-refractivity contribution is -0.122. The number of hydrogen-bond acceptors (Lipinski definition) is 3. The highest BCUT2D eigenvalue weighted by Gasteiger charge is 2.39. The molecule has 2 aliphatic rings. The summed E-state index contributed by atoms with van der Waals surface area (Å²) in [5.41, 5.74) is 7.17. The highest BCUT2D eigenvalue weighted by Crippen LogP contribution is 2.39. The predicted octanol–water partition coefficient (Wildman–Crippen LogP) is 3.46. The van der Waals surface area contributed by atoms with Gasteiger partial charge in [-0.2, -0.15) is 0 Å². The van der Waals surface area contributed by atoms with Crippen LogP contribution in [0.5, 0.6) is 5.75 Å². The molecule has 2 saturated carbocycles. The Labute approximate surface area is 157 Å². The quantitative estimate of drug-likeness (QED) is 0.838. The lowest BCUT2D eigenvalue weighted by Crippen LogP contribution is -2.54. The van der Waals surface area contributed by atoms with Crippen LogP contribution in [0, 0.1) is 11.8 Å². The van der Waals surface area contributed by atoms with E-state index >= 15 is 0 Å². The summed E-state index contributed by atoms with van der Waals surface area (Å²) in [4.78, 5) is 12.5. The van der Waals surface area contributed by atoms with E-state index in [1.165, 1.54) is 19.3 Å². The maximum Gasteiger partial charge on any atom is 0.224 e. The van der Waals surface area contributed by atoms with Crippen LogP contribution in [0.4, 0.5) is 0 Å². The van der Waals surface area contributed by atoms with Gasteiger partial charge in [-0.3, -0.25) is 4.79 Å². The average Bonchev–Trinajstić information content (AvgIpc) is 2.47. The van der Waals surface area contributed by atoms with Gasteiger partial charge in [0, 0.05) is 12.1 Å². The Bertz CT molecular complexity index is 565. The summed E-state index contributed by atoms with van der Waals surface area (Å²) < 4.78 is 5.71. The van der Waals surface area contributed by atoms with Gasteiger partial charge in [0.2, 0.25) is 5.91 Å². The molecular formula is C20H31ClN2O2. The molecule has 0 saturated heterocycles. The van der Waals surface area contributed by atoms with Crippen LogP contribution in [0.25, 0.3) is 0 Å². The third-order valence-corrected chi connectivity index (χ3v) is 5.34. The highest BCUT2D eigenvalue weighted by molar-refractivity contribution is 5.85. The van der Waals surface area contributed by atoms with Gasteiger partial charge in [0.05, 0.1) is 12.5 Å². The molecule has 2 bridgehead atoms. The first kappa shape index (κ1) is 20.1. The molecule has 1 aromatic carbocycles. The van der Waals surface area contributed by atoms with E-state index < -0.39 is 0 Å². The first-order valence-electron chi connectivity index (χ1n) is 9.32. The molecule has 2 atom stereocenters. The topological polar surface area (TPSA) is 64.3 Å². The number of benzene rings is 1. The van der Waals surface area contributed by atoms with Crippen LogP contribution in [0.3, 0.4) is 0 Å². The van der Waals surface area contributed by atoms with Crippen molar-refractivity contribution in [2.24, 2.45) is 17.6 Å². The number of fused-ring (bicyclic) bond motifs is 2. The molecule has 140 valence electrons. The maximum atomic E-state index is 12.5. The van der Waals surface area contributed by atoms with Gasteiger partial charge in [0.15, 0.2) is 0 Å². The molecule has 2 aliphatic carbocycles. The number of amides is 1. The Kier molecular flexibility index (Phi) is 7.14. The van der Waals surface area contributed by atoms with Crippen molar-refractivity contribution in [1.29, 1.82) is 0 Å². The monoisotopic (exact) mass is 366 g/mol. The number of carbonyl (C=O) groups is 1. The van der Waals surface area contributed by atoms with Gasteiger partial charge >= 0.3 is 0 Å². The smallest absolute Gasteiger partial charge is 0.224 e. The van der Waals surface area contributed by atoms with E-state index in [-0.39, 0.29) is 24.4 Å². The molecule has 3 N–H and O–H groups in total. The Balaban J connectivity index is 0.00000225. The number of carbonyl (C=O) groups excluding carboxylic acids is 1. The van der Waals surface area contributed by atoms with Crippen molar-refractivity contribution in [2.45, 2.75) is 70.6 Å². The molecule has 0 spiro atoms. The number of hydrogen-bond donors (Lipinski definition) is 2. The van der Waals surface area contributed by atoms with E-state index in [0.29, 0.717) is 30.3 Å². The van der Waals surface area contributed by atoms with Crippen LogP contribution < -0.4 is 15.8 Å². The number of rotatable bonds is 5. The molecule has 0 aromatic heterocycles. The fourth-order valence-electron chi connectivity index (χ4n) is 4.45. The number of ether oxygens (including phenoxy) is 1. The van der Waals surface area contributed by atoms with Crippen LogP contribution in [0.15, 0.2) is 24.3 Å². The molecule has 1 aromatic rings. The van der Waals surface area contributed by atoms with Gasteiger partial charge in [0.25, 0.3) is 0 Å². The van der Waals surface area contributed by atoms with Crippen LogP contribution in [0.1, 0.15) is 51.5 Å². The van der Waals surface area contributed by atoms with Crippen LogP contribution in [0.2, 0.25) is 0 Å². The van der Waals surface area contributed by atoms with Crippen molar-refractivity contribution in [3.8, 4) is 5.75 Å². The minimum absolute atomic E-state index is 0. The SMILES string of the molecule is CC(C)Oc1cccc(CC(=O)NC2C3CCCC2CC(N)C3)c1.Cl. The Morgan fingerprint density at radius 1 is 1.28 bits per heavy atom. The fourth-order valence-corrected chi connectivity index (χ4v) is 4.45. The molecule has 4 nitrogen and oxygen atoms in total. The zero-order chi connectivity index (χ0) is 17.1. The summed E-state index contributed by atoms with van der Waals surface area (Å²) in [7, 11) is 0. The first-order valence-corrected chi connectivity index (χ1v) is 9.32. The van der Waals surface area contributed by atoms with Crippen molar-refractivity contribution in [3.63, 3.8) is 0 Å². The van der Waals surface area contributed by atoms with Crippen molar-refractivity contribution < 1.29 is 9.53 Å². The summed E-state index contributed by atoms with van der Waals surface area (Å²) in [6.07, 6.45) is 6.35. The zero-order valence-electron chi connectivity index (χ0n) is 15.2. The zero-order valence-corrected chi connectivity index (χ0v) is 16.1. The molecule has 3 rings (SSSR count). The second-order valence-electron chi connectivity index (χ2n) is 7.77. The van der Waals surface area contributed by atoms with Crippen molar-refractivity contribution in [1.82, 2.24) is 5.32 Å². The third-order valence-electron chi connectivity index (χ3n) is 5.34. The van der Waals surface area contributed by atoms with E-state index in [4.69, 9.17) is 10.5 Å². The van der Waals surface area contributed by atoms with Crippen LogP contribution >= 0.6 is 12.4 Å². The molecule has 2 fully saturated rings. The summed E-state index contributed by atoms with van der Waals surface area (Å²) >= 11 is 0. The van der Waals surface area contributed by atoms with E-state index in [0.717, 1.165) is 24.2 Å². The summed E-state index contributed by atoms with van der Waals surface area (Å²) in [6, 6.07) is 8.49. The van der Waals surface area contributed by atoms with E-state index in [9.17, 15) is 4.79 Å². The Morgan fingerprint density at radius 2 is 1.96 bits per heavy atom. The molecule has 2 unspecified atom stereocenters. The molecular weight excluding hydrogens is 336 g/mol. The predicted molar refractivity (Wildman–Crippen MR) is 103 cm³/mol. The largest absolute Gasteiger partial charge is 0.491 e. The van der Waals surface area contributed by atoms with E-state index in [1.807, 2.05) is 38.1 Å². The molecule has 1 amide bonds. The van der Waals surface area contributed by atoms with Gasteiger partial charge in [-0.05, 0) is 69.1 Å². The number of halogens is 1. The third kappa shape index (κ3) is 5.35. The molecule has 0 heterocycles. The standard InChI is InChI=1S/C20H30N2O2.ClH/c1-13(2)24-18-8-3-5-14(9-18)10-19(23)22-20-15-6-4-7-16(20)12-17(21)11-15;/h3,5,8-9,13,15-17,20H,4,6-7,10-12,21H2,1-2H3,(H,22,23);1H. The second kappa shape index (κ2) is 8.91. The minimum atomic E-state index is 0. The Hall–Kier alpha value is -1.26. The minimum Gasteiger partial charge on any atom is -0.491 e. The fraction of sp³-hybridized carbons (Fsp3) is 0.650. The van der Waals surface area contributed by atoms with Gasteiger partial charge < -0.3 is 15.8 Å². The van der Waals surface area contributed by atoms with Gasteiger partial charge in [-0.15, -0.1) is 12.4 Å². The van der Waals surface area contributed by atoms with E-state index in [2.05, 4.69) is 5.32 Å². The number of nitrogens with one attached hydrogen (secondary N) is 1. The van der Waals surface area contributed by atoms with Crippen molar-refractivity contribution in [2.75, 3.05) is 0 Å². The normalized spacial score (nSPS) is 28.2. The summed E-state index contributed by atoms with van der Waals surface area (Å²) in [5, 5.41) is 3.31. The number of nitrogens with two attached hydrogens (primary N) is 1. The molecule has 0 radical (unpaired) electrons. The summed E-state index contributed by atoms with van der Waals surface area (Å²) in [5.74, 6) is 2.07. The highest BCUT2D eigenvalue weighted by atomic mass is 35.5. The first-order chi connectivity index (χ1) is 11.5.